The molecule has 1 heterocycles. The minimum Gasteiger partial charge on any atom is -0.321 e. The third-order valence-corrected chi connectivity index (χ3v) is 7.96. The molecule has 1 aliphatic carbocycles. The predicted octanol–water partition coefficient (Wildman–Crippen LogP) is 7.37. The van der Waals surface area contributed by atoms with Gasteiger partial charge in [0.05, 0.1) is 16.3 Å². The van der Waals surface area contributed by atoms with Crippen molar-refractivity contribution < 1.29 is 9.59 Å². The van der Waals surface area contributed by atoms with E-state index in [2.05, 4.69) is 31.4 Å². The van der Waals surface area contributed by atoms with Crippen molar-refractivity contribution in [3.8, 4) is 0 Å². The summed E-state index contributed by atoms with van der Waals surface area (Å²) in [5, 5.41) is 7.08. The van der Waals surface area contributed by atoms with Gasteiger partial charge >= 0.3 is 0 Å². The number of amides is 2. The van der Waals surface area contributed by atoms with Crippen molar-refractivity contribution in [2.75, 3.05) is 10.6 Å². The van der Waals surface area contributed by atoms with Crippen LogP contribution in [-0.2, 0) is 12.8 Å². The summed E-state index contributed by atoms with van der Waals surface area (Å²) in [7, 11) is 0. The average molecular weight is 481 g/mol. The molecule has 0 fully saturated rings. The Hall–Kier alpha value is -2.63. The van der Waals surface area contributed by atoms with E-state index >= 15 is 0 Å². The monoisotopic (exact) mass is 480 g/mol. The molecule has 1 aliphatic rings. The summed E-state index contributed by atoms with van der Waals surface area (Å²) in [5.41, 5.74) is 3.85. The Morgan fingerprint density at radius 3 is 2.39 bits per heavy atom. The first kappa shape index (κ1) is 23.5. The molecule has 172 valence electrons. The number of carbonyl (C=O) groups is 2. The second kappa shape index (κ2) is 9.32. The minimum absolute atomic E-state index is 0.187. The van der Waals surface area contributed by atoms with Crippen LogP contribution < -0.4 is 10.6 Å². The van der Waals surface area contributed by atoms with E-state index in [0.717, 1.165) is 30.4 Å². The number of benzene rings is 2. The molecule has 2 N–H and O–H groups in total. The predicted molar refractivity (Wildman–Crippen MR) is 138 cm³/mol. The molecule has 0 saturated heterocycles. The van der Waals surface area contributed by atoms with Gasteiger partial charge in [-0.2, -0.15) is 0 Å². The van der Waals surface area contributed by atoms with Gasteiger partial charge in [-0.1, -0.05) is 62.7 Å². The Morgan fingerprint density at radius 1 is 1.00 bits per heavy atom. The lowest BCUT2D eigenvalue weighted by atomic mass is 9.72. The fourth-order valence-electron chi connectivity index (χ4n) is 4.40. The van der Waals surface area contributed by atoms with E-state index in [0.29, 0.717) is 32.8 Å². The van der Waals surface area contributed by atoms with Crippen molar-refractivity contribution >= 4 is 45.4 Å². The highest BCUT2D eigenvalue weighted by Crippen LogP contribution is 2.44. The van der Waals surface area contributed by atoms with Crippen LogP contribution in [0.15, 0.2) is 48.5 Å². The molecule has 1 atom stereocenters. The summed E-state index contributed by atoms with van der Waals surface area (Å²) >= 11 is 7.81. The summed E-state index contributed by atoms with van der Waals surface area (Å²) in [6.07, 6.45) is 2.75. The molecule has 1 aromatic heterocycles. The number of carbonyl (C=O) groups excluding carboxylic acids is 2. The summed E-state index contributed by atoms with van der Waals surface area (Å²) < 4.78 is 0. The molecule has 2 aromatic carbocycles. The second-order valence-electron chi connectivity index (χ2n) is 9.72. The van der Waals surface area contributed by atoms with Crippen LogP contribution in [0.4, 0.5) is 10.7 Å². The molecule has 0 aliphatic heterocycles. The van der Waals surface area contributed by atoms with Crippen LogP contribution in [0.1, 0.15) is 63.9 Å². The molecule has 4 rings (SSSR count). The first-order valence-corrected chi connectivity index (χ1v) is 12.4. The smallest absolute Gasteiger partial charge is 0.258 e. The maximum absolute atomic E-state index is 13.5. The molecular weight excluding hydrogens is 452 g/mol. The molecular formula is C27H29ClN2O2S. The highest BCUT2D eigenvalue weighted by molar-refractivity contribution is 7.17. The van der Waals surface area contributed by atoms with Crippen LogP contribution in [0.3, 0.4) is 0 Å². The van der Waals surface area contributed by atoms with Crippen molar-refractivity contribution in [3.05, 3.63) is 80.7 Å². The van der Waals surface area contributed by atoms with Crippen LogP contribution in [0, 0.1) is 18.3 Å². The van der Waals surface area contributed by atoms with Crippen LogP contribution >= 0.6 is 22.9 Å². The summed E-state index contributed by atoms with van der Waals surface area (Å²) in [4.78, 5) is 27.8. The Morgan fingerprint density at radius 2 is 1.70 bits per heavy atom. The topological polar surface area (TPSA) is 58.2 Å². The molecule has 1 unspecified atom stereocenters. The number of thiophene rings is 1. The highest BCUT2D eigenvalue weighted by atomic mass is 35.5. The quantitative estimate of drug-likeness (QED) is 0.409. The van der Waals surface area contributed by atoms with Crippen LogP contribution in [0.5, 0.6) is 0 Å². The zero-order valence-electron chi connectivity index (χ0n) is 19.4. The third kappa shape index (κ3) is 4.99. The number of anilines is 2. The zero-order chi connectivity index (χ0) is 23.8. The molecule has 0 radical (unpaired) electrons. The van der Waals surface area contributed by atoms with Crippen molar-refractivity contribution in [1.82, 2.24) is 0 Å². The molecule has 0 saturated carbocycles. The molecule has 2 amide bonds. The van der Waals surface area contributed by atoms with E-state index in [1.165, 1.54) is 16.2 Å². The average Bonchev–Trinajstić information content (AvgIpc) is 3.12. The van der Waals surface area contributed by atoms with E-state index in [-0.39, 0.29) is 17.2 Å². The van der Waals surface area contributed by atoms with Gasteiger partial charge < -0.3 is 10.6 Å². The molecule has 33 heavy (non-hydrogen) atoms. The number of hydrogen-bond donors (Lipinski definition) is 2. The maximum atomic E-state index is 13.5. The number of halogens is 1. The Labute approximate surface area is 204 Å². The molecule has 0 spiro atoms. The highest BCUT2D eigenvalue weighted by Gasteiger charge is 2.34. The third-order valence-electron chi connectivity index (χ3n) is 6.46. The zero-order valence-corrected chi connectivity index (χ0v) is 21.0. The summed E-state index contributed by atoms with van der Waals surface area (Å²) in [6.45, 7) is 8.71. The Bertz CT molecular complexity index is 1210. The van der Waals surface area contributed by atoms with Gasteiger partial charge in [0, 0.05) is 10.4 Å². The number of fused-ring (bicyclic) bond motifs is 1. The summed E-state index contributed by atoms with van der Waals surface area (Å²) in [6, 6.07) is 14.6. The van der Waals surface area contributed by atoms with Gasteiger partial charge in [-0.3, -0.25) is 9.59 Å². The largest absolute Gasteiger partial charge is 0.321 e. The standard InChI is InChI=1S/C27H29ClN2O2S/c1-16-9-5-6-10-18(16)24(31)30-26-23(25(32)29-21-12-8-7-11-20(21)28)19-14-13-17(27(2,3)4)15-22(19)33-26/h5-12,17H,13-15H2,1-4H3,(H,29,32)(H,30,31). The number of aryl methyl sites for hydroxylation is 1. The molecule has 3 aromatic rings. The van der Waals surface area contributed by atoms with Crippen molar-refractivity contribution in [2.45, 2.75) is 47.0 Å². The van der Waals surface area contributed by atoms with E-state index in [1.54, 1.807) is 18.2 Å². The number of para-hydroxylation sites is 1. The molecule has 6 heteroatoms. The van der Waals surface area contributed by atoms with Crippen LogP contribution in [0.2, 0.25) is 5.02 Å². The van der Waals surface area contributed by atoms with E-state index < -0.39 is 0 Å². The van der Waals surface area contributed by atoms with Crippen molar-refractivity contribution in [3.63, 3.8) is 0 Å². The van der Waals surface area contributed by atoms with E-state index in [4.69, 9.17) is 11.6 Å². The van der Waals surface area contributed by atoms with Gasteiger partial charge in [0.1, 0.15) is 5.00 Å². The number of hydrogen-bond acceptors (Lipinski definition) is 3. The lowest BCUT2D eigenvalue weighted by Gasteiger charge is -2.33. The van der Waals surface area contributed by atoms with Gasteiger partial charge in [-0.25, -0.2) is 0 Å². The van der Waals surface area contributed by atoms with Gasteiger partial charge in [0.25, 0.3) is 11.8 Å². The Balaban J connectivity index is 1.71. The lowest BCUT2D eigenvalue weighted by Crippen LogP contribution is -2.27. The fourth-order valence-corrected chi connectivity index (χ4v) is 5.90. The van der Waals surface area contributed by atoms with Crippen molar-refractivity contribution in [1.29, 1.82) is 0 Å². The van der Waals surface area contributed by atoms with Gasteiger partial charge in [0.2, 0.25) is 0 Å². The molecule has 0 bridgehead atoms. The van der Waals surface area contributed by atoms with E-state index in [1.807, 2.05) is 37.3 Å². The lowest BCUT2D eigenvalue weighted by molar-refractivity contribution is 0.102. The summed E-state index contributed by atoms with van der Waals surface area (Å²) in [5.74, 6) is 0.0869. The first-order chi connectivity index (χ1) is 15.6. The molecule has 4 nitrogen and oxygen atoms in total. The Kier molecular flexibility index (Phi) is 6.64. The maximum Gasteiger partial charge on any atom is 0.258 e. The van der Waals surface area contributed by atoms with Crippen LogP contribution in [0.25, 0.3) is 0 Å². The van der Waals surface area contributed by atoms with Gasteiger partial charge in [-0.05, 0) is 66.8 Å². The SMILES string of the molecule is Cc1ccccc1C(=O)Nc1sc2c(c1C(=O)Nc1ccccc1Cl)CCC(C(C)(C)C)C2. The number of nitrogens with one attached hydrogen (secondary N) is 2. The minimum atomic E-state index is -0.241. The second-order valence-corrected chi connectivity index (χ2v) is 11.2. The van der Waals surface area contributed by atoms with Crippen molar-refractivity contribution in [2.24, 2.45) is 11.3 Å². The fraction of sp³-hybridized carbons (Fsp3) is 0.333. The van der Waals surface area contributed by atoms with Crippen LogP contribution in [-0.4, -0.2) is 11.8 Å². The van der Waals surface area contributed by atoms with Gasteiger partial charge in [-0.15, -0.1) is 11.3 Å². The van der Waals surface area contributed by atoms with Gasteiger partial charge in [0.15, 0.2) is 0 Å². The van der Waals surface area contributed by atoms with E-state index in [9.17, 15) is 9.59 Å². The first-order valence-electron chi connectivity index (χ1n) is 11.2. The number of rotatable bonds is 4. The normalized spacial score (nSPS) is 15.6.